The lowest BCUT2D eigenvalue weighted by Gasteiger charge is -2.20. The van der Waals surface area contributed by atoms with E-state index < -0.39 is 11.4 Å². The Balaban J connectivity index is 0.00000113. The lowest BCUT2D eigenvalue weighted by molar-refractivity contribution is -0.142. The number of hydrogen-bond donors (Lipinski definition) is 3. The van der Waals surface area contributed by atoms with Gasteiger partial charge in [-0.2, -0.15) is 4.68 Å². The summed E-state index contributed by atoms with van der Waals surface area (Å²) in [6.45, 7) is 3.11. The zero-order valence-electron chi connectivity index (χ0n) is 22.6. The first-order valence-electron chi connectivity index (χ1n) is 12.9. The summed E-state index contributed by atoms with van der Waals surface area (Å²) < 4.78 is 3.31. The van der Waals surface area contributed by atoms with Gasteiger partial charge in [0, 0.05) is 22.3 Å². The molecule has 13 heteroatoms. The molecule has 42 heavy (non-hydrogen) atoms. The normalized spacial score (nSPS) is 14.1. The van der Waals surface area contributed by atoms with Gasteiger partial charge >= 0.3 is 5.97 Å². The van der Waals surface area contributed by atoms with Crippen LogP contribution in [-0.2, 0) is 21.4 Å². The Hall–Kier alpha value is -5.10. The maximum absolute atomic E-state index is 13.5. The van der Waals surface area contributed by atoms with E-state index in [1.807, 2.05) is 36.4 Å². The van der Waals surface area contributed by atoms with Gasteiger partial charge in [0.25, 0.3) is 12.0 Å². The van der Waals surface area contributed by atoms with Crippen molar-refractivity contribution in [3.8, 4) is 28.1 Å². The third-order valence-electron chi connectivity index (χ3n) is 7.34. The summed E-state index contributed by atoms with van der Waals surface area (Å²) in [4.78, 5) is 41.5. The van der Waals surface area contributed by atoms with Crippen molar-refractivity contribution in [2.24, 2.45) is 0 Å². The molecule has 0 aliphatic carbocycles. The van der Waals surface area contributed by atoms with Gasteiger partial charge in [-0.15, -0.1) is 5.10 Å². The van der Waals surface area contributed by atoms with Crippen molar-refractivity contribution in [2.75, 3.05) is 0 Å². The maximum Gasteiger partial charge on any atom is 0.313 e. The number of aromatic amines is 1. The van der Waals surface area contributed by atoms with E-state index in [1.54, 1.807) is 42.8 Å². The molecule has 214 valence electrons. The van der Waals surface area contributed by atoms with Gasteiger partial charge in [0.1, 0.15) is 12.2 Å². The molecule has 0 fully saturated rings. The van der Waals surface area contributed by atoms with E-state index in [4.69, 9.17) is 21.5 Å². The first-order chi connectivity index (χ1) is 20.1. The van der Waals surface area contributed by atoms with E-state index in [0.717, 1.165) is 28.1 Å². The molecule has 0 amide bonds. The number of H-pyrrole nitrogens is 1. The summed E-state index contributed by atoms with van der Waals surface area (Å²) in [5.74, 6) is -0.215. The molecule has 0 bridgehead atoms. The van der Waals surface area contributed by atoms with Crippen LogP contribution in [0, 0.1) is 0 Å². The van der Waals surface area contributed by atoms with E-state index >= 15 is 0 Å². The number of nitrogens with one attached hydrogen (secondary N) is 1. The molecule has 3 aromatic heterocycles. The number of hydrogen-bond acceptors (Lipinski definition) is 7. The van der Waals surface area contributed by atoms with E-state index in [2.05, 4.69) is 25.5 Å². The van der Waals surface area contributed by atoms with Crippen LogP contribution in [0.5, 0.6) is 0 Å². The Morgan fingerprint density at radius 2 is 1.93 bits per heavy atom. The van der Waals surface area contributed by atoms with Crippen LogP contribution in [-0.4, -0.2) is 57.4 Å². The van der Waals surface area contributed by atoms with Crippen molar-refractivity contribution in [3.05, 3.63) is 99.6 Å². The number of fused-ring (bicyclic) bond motifs is 1. The zero-order valence-corrected chi connectivity index (χ0v) is 23.4. The second-order valence-corrected chi connectivity index (χ2v) is 10.6. The average Bonchev–Trinajstić information content (AvgIpc) is 3.74. The number of aryl methyl sites for hydroxylation is 1. The number of carbonyl (C=O) groups is 2. The monoisotopic (exact) mass is 587 g/mol. The predicted octanol–water partition coefficient (Wildman–Crippen LogP) is 4.13. The largest absolute Gasteiger partial charge is 0.483 e. The van der Waals surface area contributed by atoms with Gasteiger partial charge in [-0.25, -0.2) is 4.98 Å². The fourth-order valence-electron chi connectivity index (χ4n) is 5.07. The van der Waals surface area contributed by atoms with Gasteiger partial charge in [0.05, 0.1) is 29.0 Å². The number of carboxylic acid groups (broad SMARTS) is 2. The minimum Gasteiger partial charge on any atom is -0.483 e. The third-order valence-corrected chi connectivity index (χ3v) is 7.58. The second kappa shape index (κ2) is 11.4. The van der Waals surface area contributed by atoms with E-state index in [9.17, 15) is 14.7 Å². The second-order valence-electron chi connectivity index (χ2n) is 10.2. The molecule has 2 aromatic carbocycles. The third kappa shape index (κ3) is 5.31. The van der Waals surface area contributed by atoms with Gasteiger partial charge in [0.15, 0.2) is 0 Å². The van der Waals surface area contributed by atoms with Crippen molar-refractivity contribution in [3.63, 3.8) is 0 Å². The van der Waals surface area contributed by atoms with Gasteiger partial charge in [0.2, 0.25) is 0 Å². The van der Waals surface area contributed by atoms with E-state index in [1.165, 1.54) is 11.0 Å². The van der Waals surface area contributed by atoms with Crippen molar-refractivity contribution in [2.45, 2.75) is 38.1 Å². The van der Waals surface area contributed by atoms with Crippen LogP contribution >= 0.6 is 11.6 Å². The number of imidazole rings is 1. The molecule has 3 N–H and O–H groups in total. The molecule has 0 unspecified atom stereocenters. The van der Waals surface area contributed by atoms with Crippen LogP contribution in [0.4, 0.5) is 0 Å². The fraction of sp³-hybridized carbons (Fsp3) is 0.207. The van der Waals surface area contributed by atoms with Gasteiger partial charge < -0.3 is 19.8 Å². The number of rotatable bonds is 6. The molecule has 0 radical (unpaired) electrons. The smallest absolute Gasteiger partial charge is 0.313 e. The van der Waals surface area contributed by atoms with Gasteiger partial charge in [-0.1, -0.05) is 29.8 Å². The number of aromatic nitrogens is 7. The van der Waals surface area contributed by atoms with Gasteiger partial charge in [-0.3, -0.25) is 14.4 Å². The summed E-state index contributed by atoms with van der Waals surface area (Å²) >= 11 is 6.31. The highest BCUT2D eigenvalue weighted by atomic mass is 35.5. The topological polar surface area (TPSA) is 169 Å². The highest BCUT2D eigenvalue weighted by molar-refractivity contribution is 6.31. The van der Waals surface area contributed by atoms with Crippen LogP contribution in [0.15, 0.2) is 71.9 Å². The number of benzene rings is 2. The van der Waals surface area contributed by atoms with Gasteiger partial charge in [-0.05, 0) is 84.1 Å². The van der Waals surface area contributed by atoms with Crippen LogP contribution in [0.3, 0.4) is 0 Å². The number of aliphatic carboxylic acids is 1. The molecular formula is C29H26ClN7O5. The van der Waals surface area contributed by atoms with Crippen LogP contribution in [0.25, 0.3) is 28.1 Å². The first-order valence-corrected chi connectivity index (χ1v) is 13.3. The quantitative estimate of drug-likeness (QED) is 0.247. The molecule has 1 aliphatic rings. The number of nitrogens with zero attached hydrogens (tertiary/aromatic N) is 6. The highest BCUT2D eigenvalue weighted by Gasteiger charge is 2.30. The zero-order chi connectivity index (χ0) is 30.0. The maximum atomic E-state index is 13.5. The SMILES string of the molecule is CC(C)(C(=O)O)c1cccc(-c2cnc([C@@H]3CCc4cc(-c5cc(Cl)ccc5-n5cnnn5)cc(=O)n43)[nH]2)c1.O=CO. The Morgan fingerprint density at radius 3 is 2.64 bits per heavy atom. The molecule has 1 aliphatic heterocycles. The van der Waals surface area contributed by atoms with Crippen LogP contribution in [0.1, 0.15) is 43.4 Å². The first kappa shape index (κ1) is 28.4. The summed E-state index contributed by atoms with van der Waals surface area (Å²) in [5.41, 5.74) is 4.22. The minimum absolute atomic E-state index is 0.143. The molecular weight excluding hydrogens is 562 g/mol. The molecule has 1 atom stereocenters. The summed E-state index contributed by atoms with van der Waals surface area (Å²) in [5, 5.41) is 28.5. The standard InChI is InChI=1S/C28H24ClN7O3.CH2O2/c1-28(2,27(38)39)18-5-3-4-16(10-18)22-14-30-26(32-22)24-9-7-20-11-17(12-25(37)36(20)24)21-13-19(29)6-8-23(21)35-15-31-33-34-35;2-1-3/h3-6,8,10-15,24H,7,9H2,1-2H3,(H,30,32)(H,38,39);1H,(H,2,3)/t24-;/m0./s1. The molecule has 12 nitrogen and oxygen atoms in total. The van der Waals surface area contributed by atoms with Crippen molar-refractivity contribution in [1.29, 1.82) is 0 Å². The lowest BCUT2D eigenvalue weighted by atomic mass is 9.84. The van der Waals surface area contributed by atoms with Crippen molar-refractivity contribution in [1.82, 2.24) is 34.7 Å². The molecule has 0 spiro atoms. The number of halogens is 1. The minimum atomic E-state index is -1.03. The average molecular weight is 588 g/mol. The number of carboxylic acids is 1. The molecule has 5 aromatic rings. The van der Waals surface area contributed by atoms with E-state index in [-0.39, 0.29) is 18.1 Å². The van der Waals surface area contributed by atoms with Crippen molar-refractivity contribution >= 4 is 24.0 Å². The Labute approximate surface area is 244 Å². The highest BCUT2D eigenvalue weighted by Crippen LogP contribution is 2.35. The summed E-state index contributed by atoms with van der Waals surface area (Å²) in [6.07, 6.45) is 4.64. The van der Waals surface area contributed by atoms with Crippen LogP contribution < -0.4 is 5.56 Å². The predicted molar refractivity (Wildman–Crippen MR) is 154 cm³/mol. The Bertz CT molecular complexity index is 1830. The lowest BCUT2D eigenvalue weighted by Crippen LogP contribution is -2.28. The Kier molecular flexibility index (Phi) is 7.72. The molecule has 4 heterocycles. The van der Waals surface area contributed by atoms with E-state index in [0.29, 0.717) is 34.9 Å². The fourth-order valence-corrected chi connectivity index (χ4v) is 5.24. The molecule has 0 saturated carbocycles. The van der Waals surface area contributed by atoms with Crippen molar-refractivity contribution < 1.29 is 19.8 Å². The molecule has 6 rings (SSSR count). The number of tetrazole rings is 1. The van der Waals surface area contributed by atoms with Crippen LogP contribution in [0.2, 0.25) is 5.02 Å². The summed E-state index contributed by atoms with van der Waals surface area (Å²) in [6, 6.07) is 16.2. The Morgan fingerprint density at radius 1 is 1.14 bits per heavy atom. The summed E-state index contributed by atoms with van der Waals surface area (Å²) in [7, 11) is 0. The number of pyridine rings is 1. The molecule has 0 saturated heterocycles.